The van der Waals surface area contributed by atoms with E-state index in [1.54, 1.807) is 43.2 Å². The summed E-state index contributed by atoms with van der Waals surface area (Å²) in [6, 6.07) is 22.0. The first-order valence-corrected chi connectivity index (χ1v) is 18.0. The van der Waals surface area contributed by atoms with E-state index in [4.69, 9.17) is 4.74 Å². The van der Waals surface area contributed by atoms with Gasteiger partial charge in [0.2, 0.25) is 20.7 Å². The molecule has 3 heterocycles. The van der Waals surface area contributed by atoms with Crippen molar-refractivity contribution in [1.82, 2.24) is 4.90 Å². The van der Waals surface area contributed by atoms with Gasteiger partial charge in [-0.25, -0.2) is 0 Å². The summed E-state index contributed by atoms with van der Waals surface area (Å²) in [6.07, 6.45) is 0.306. The third kappa shape index (κ3) is 4.76. The third-order valence-electron chi connectivity index (χ3n) is 9.75. The van der Waals surface area contributed by atoms with Crippen molar-refractivity contribution in [3.8, 4) is 0 Å². The van der Waals surface area contributed by atoms with Gasteiger partial charge in [-0.15, -0.1) is 0 Å². The highest BCUT2D eigenvalue weighted by Crippen LogP contribution is 2.60. The van der Waals surface area contributed by atoms with E-state index in [1.165, 1.54) is 9.80 Å². The van der Waals surface area contributed by atoms with Gasteiger partial charge in [0, 0.05) is 42.0 Å². The molecule has 3 aromatic rings. The number of anilines is 3. The molecule has 3 aromatic carbocycles. The number of fused-ring (bicyclic) bond motifs is 3. The molecule has 0 bridgehead atoms. The molecular weight excluding hydrogens is 577 g/mol. The normalized spacial score (nSPS) is 26.1. The summed E-state index contributed by atoms with van der Waals surface area (Å²) in [5.41, 5.74) is 2.36. The van der Waals surface area contributed by atoms with E-state index < -0.39 is 37.6 Å². The number of aliphatic hydroxyl groups is 1. The van der Waals surface area contributed by atoms with Gasteiger partial charge >= 0.3 is 0 Å². The Hall–Kier alpha value is -3.86. The second-order valence-electron chi connectivity index (χ2n) is 12.7. The zero-order valence-electron chi connectivity index (χ0n) is 25.4. The van der Waals surface area contributed by atoms with Crippen LogP contribution in [0.4, 0.5) is 21.2 Å². The number of ether oxygens (including phenoxy) is 1. The molecule has 5 atom stereocenters. The number of benzene rings is 3. The fraction of sp³-hybridized carbons (Fsp3) is 0.382. The zero-order chi connectivity index (χ0) is 31.4. The first kappa shape index (κ1) is 30.2. The molecule has 0 saturated carbocycles. The first-order chi connectivity index (χ1) is 21.0. The lowest BCUT2D eigenvalue weighted by molar-refractivity contribution is -0.150. The highest BCUT2D eigenvalue weighted by atomic mass is 28.4. The lowest BCUT2D eigenvalue weighted by atomic mass is 9.82. The van der Waals surface area contributed by atoms with E-state index in [1.807, 2.05) is 61.5 Å². The molecule has 1 spiro atoms. The highest BCUT2D eigenvalue weighted by Gasteiger charge is 2.66. The summed E-state index contributed by atoms with van der Waals surface area (Å²) in [6.45, 7) is 5.22. The fourth-order valence-electron chi connectivity index (χ4n) is 7.68. The van der Waals surface area contributed by atoms with Crippen molar-refractivity contribution < 1.29 is 28.3 Å². The highest BCUT2D eigenvalue weighted by molar-refractivity contribution is 6.72. The zero-order valence-corrected chi connectivity index (χ0v) is 26.4. The van der Waals surface area contributed by atoms with Gasteiger partial charge in [0.25, 0.3) is 5.91 Å². The molecule has 1 fully saturated rings. The van der Waals surface area contributed by atoms with Gasteiger partial charge in [-0.2, -0.15) is 0 Å². The van der Waals surface area contributed by atoms with Gasteiger partial charge < -0.3 is 23.8 Å². The van der Waals surface area contributed by atoms with Crippen LogP contribution in [-0.4, -0.2) is 62.4 Å². The number of likely N-dealkylation sites (N-methyl/N-ethyl adjacent to an activating group) is 1. The number of carbonyl (C=O) groups is 3. The molecular formula is C34H38FN3O5Si. The molecule has 0 aromatic heterocycles. The van der Waals surface area contributed by atoms with E-state index >= 15 is 4.11 Å². The Bertz CT molecular complexity index is 1600. The molecule has 0 radical (unpaired) electrons. The number of para-hydroxylation sites is 1. The van der Waals surface area contributed by atoms with Gasteiger partial charge in [-0.05, 0) is 61.0 Å². The van der Waals surface area contributed by atoms with Crippen molar-refractivity contribution in [3.63, 3.8) is 0 Å². The summed E-state index contributed by atoms with van der Waals surface area (Å²) in [7, 11) is -1.82. The molecule has 1 N–H and O–H groups in total. The average Bonchev–Trinajstić information content (AvgIpc) is 3.43. The Morgan fingerprint density at radius 3 is 2.43 bits per heavy atom. The SMILES string of the molecule is C[C@@H]1[C@@H]([Si](C)(C)F)[C@H](CC(=O)N2Cc3ccccc3C[C@H]2CO)O[C@@]12C(=O)N(C)c1ccc(N(C=O)c3ccccc3)cc12. The molecule has 10 heteroatoms. The number of halogens is 1. The summed E-state index contributed by atoms with van der Waals surface area (Å²) in [5, 5.41) is 10.2. The molecule has 1 saturated heterocycles. The van der Waals surface area contributed by atoms with Crippen LogP contribution in [0.2, 0.25) is 18.6 Å². The smallest absolute Gasteiger partial charge is 0.264 e. The second kappa shape index (κ2) is 11.2. The maximum absolute atomic E-state index is 16.3. The van der Waals surface area contributed by atoms with E-state index in [9.17, 15) is 19.5 Å². The minimum atomic E-state index is -3.49. The maximum atomic E-state index is 16.3. The van der Waals surface area contributed by atoms with E-state index in [2.05, 4.69) is 0 Å². The quantitative estimate of drug-likeness (QED) is 0.228. The minimum Gasteiger partial charge on any atom is -0.394 e. The topological polar surface area (TPSA) is 90.4 Å². The molecule has 3 aliphatic rings. The van der Waals surface area contributed by atoms with Crippen LogP contribution in [0.25, 0.3) is 0 Å². The van der Waals surface area contributed by atoms with Gasteiger partial charge in [0.05, 0.1) is 30.9 Å². The Morgan fingerprint density at radius 2 is 1.77 bits per heavy atom. The van der Waals surface area contributed by atoms with Crippen LogP contribution in [0.15, 0.2) is 72.8 Å². The summed E-state index contributed by atoms with van der Waals surface area (Å²) in [4.78, 5) is 45.0. The van der Waals surface area contributed by atoms with E-state index in [0.717, 1.165) is 17.5 Å². The van der Waals surface area contributed by atoms with Crippen LogP contribution in [0.3, 0.4) is 0 Å². The molecule has 3 amide bonds. The Balaban J connectivity index is 1.37. The minimum absolute atomic E-state index is 0.105. The molecule has 3 aliphatic heterocycles. The van der Waals surface area contributed by atoms with Crippen molar-refractivity contribution in [1.29, 1.82) is 0 Å². The van der Waals surface area contributed by atoms with Crippen molar-refractivity contribution in [2.24, 2.45) is 5.92 Å². The average molecular weight is 616 g/mol. The standard InChI is InChI=1S/C34H38FN3O5Si/c1-22-32(44(3,4)35)30(18-31(41)37-19-24-11-9-8-10-23(24)16-27(37)20-39)43-34(22)28-17-26(14-15-29(28)36(2)33(34)42)38(21-40)25-12-6-5-7-13-25/h5-15,17,21-22,27,30,32,39H,16,18-20H2,1-4H3/t22-,27+,30+,32-,34+/m1/s1. The van der Waals surface area contributed by atoms with Gasteiger partial charge in [0.1, 0.15) is 0 Å². The van der Waals surface area contributed by atoms with Crippen LogP contribution in [0.1, 0.15) is 30.0 Å². The first-order valence-electron chi connectivity index (χ1n) is 15.1. The third-order valence-corrected chi connectivity index (χ3v) is 12.2. The lowest BCUT2D eigenvalue weighted by Gasteiger charge is -2.37. The molecule has 230 valence electrons. The van der Waals surface area contributed by atoms with E-state index in [-0.39, 0.29) is 24.8 Å². The second-order valence-corrected chi connectivity index (χ2v) is 16.5. The van der Waals surface area contributed by atoms with Crippen molar-refractivity contribution in [2.45, 2.75) is 62.7 Å². The maximum Gasteiger partial charge on any atom is 0.264 e. The lowest BCUT2D eigenvalue weighted by Crippen LogP contribution is -2.48. The van der Waals surface area contributed by atoms with Crippen molar-refractivity contribution in [3.05, 3.63) is 89.5 Å². The molecule has 0 aliphatic carbocycles. The Labute approximate surface area is 258 Å². The van der Waals surface area contributed by atoms with Crippen molar-refractivity contribution >= 4 is 43.7 Å². The molecule has 0 unspecified atom stereocenters. The van der Waals surface area contributed by atoms with Crippen LogP contribution >= 0.6 is 0 Å². The summed E-state index contributed by atoms with van der Waals surface area (Å²) >= 11 is 0. The molecule has 6 rings (SSSR count). The molecule has 8 nitrogen and oxygen atoms in total. The van der Waals surface area contributed by atoms with Crippen LogP contribution < -0.4 is 9.80 Å². The predicted octanol–water partition coefficient (Wildman–Crippen LogP) is 5.07. The van der Waals surface area contributed by atoms with E-state index in [0.29, 0.717) is 35.6 Å². The predicted molar refractivity (Wildman–Crippen MR) is 169 cm³/mol. The van der Waals surface area contributed by atoms with Gasteiger partial charge in [-0.3, -0.25) is 19.3 Å². The number of carbonyl (C=O) groups excluding carboxylic acids is 3. The number of hydrogen-bond acceptors (Lipinski definition) is 5. The number of hydrogen-bond donors (Lipinski definition) is 1. The largest absolute Gasteiger partial charge is 0.394 e. The number of rotatable bonds is 7. The summed E-state index contributed by atoms with van der Waals surface area (Å²) in [5.74, 6) is -1.12. The monoisotopic (exact) mass is 615 g/mol. The fourth-order valence-corrected chi connectivity index (χ4v) is 10.2. The van der Waals surface area contributed by atoms with Crippen molar-refractivity contribution in [2.75, 3.05) is 23.5 Å². The number of amides is 3. The van der Waals surface area contributed by atoms with Crippen LogP contribution in [0, 0.1) is 5.92 Å². The summed E-state index contributed by atoms with van der Waals surface area (Å²) < 4.78 is 23.0. The Morgan fingerprint density at radius 1 is 1.09 bits per heavy atom. The van der Waals surface area contributed by atoms with Gasteiger partial charge in [0.15, 0.2) is 5.60 Å². The number of aliphatic hydroxyl groups excluding tert-OH is 1. The van der Waals surface area contributed by atoms with Gasteiger partial charge in [-0.1, -0.05) is 49.4 Å². The Kier molecular flexibility index (Phi) is 7.71. The number of nitrogens with zero attached hydrogens (tertiary/aromatic N) is 3. The van der Waals surface area contributed by atoms with Crippen LogP contribution in [-0.2, 0) is 37.7 Å². The van der Waals surface area contributed by atoms with Crippen LogP contribution in [0.5, 0.6) is 0 Å². The molecule has 44 heavy (non-hydrogen) atoms.